The monoisotopic (exact) mass is 480 g/mol. The number of nitrogens with zero attached hydrogens (tertiary/aromatic N) is 2. The highest BCUT2D eigenvalue weighted by Crippen LogP contribution is 2.27. The number of amides is 2. The third kappa shape index (κ3) is 7.02. The van der Waals surface area contributed by atoms with E-state index in [9.17, 15) is 19.2 Å². The highest BCUT2D eigenvalue weighted by atomic mass is 16.6. The van der Waals surface area contributed by atoms with Crippen molar-refractivity contribution in [3.05, 3.63) is 12.2 Å². The molecule has 0 saturated carbocycles. The van der Waals surface area contributed by atoms with Crippen LogP contribution in [0.15, 0.2) is 12.2 Å². The van der Waals surface area contributed by atoms with E-state index < -0.39 is 23.3 Å². The first-order valence-electron chi connectivity index (χ1n) is 11.9. The summed E-state index contributed by atoms with van der Waals surface area (Å²) in [5.74, 6) is -0.422. The van der Waals surface area contributed by atoms with Crippen LogP contribution in [0.25, 0.3) is 0 Å². The Morgan fingerprint density at radius 3 is 2.24 bits per heavy atom. The van der Waals surface area contributed by atoms with Crippen LogP contribution in [-0.2, 0) is 19.1 Å². The standard InChI is InChI=1S/C24H40N4O6/c1-17(2)20(30)24-10-12-28(16-24)22(32)34-14-8-7-13-33-21(31)27(6)11-9-23(5,26-18(3)4)19(29)15-25-24/h7-8,17-18,25-26H,9-16H2,1-6H3/b8-7+/t23-,24-/m1/s1. The van der Waals surface area contributed by atoms with Crippen molar-refractivity contribution >= 4 is 23.8 Å². The molecule has 0 aromatic rings. The van der Waals surface area contributed by atoms with Crippen LogP contribution in [-0.4, -0.2) is 97.1 Å². The molecule has 0 radical (unpaired) electrons. The molecule has 10 nitrogen and oxygen atoms in total. The molecule has 0 unspecified atom stereocenters. The number of cyclic esters (lactones) is 2. The van der Waals surface area contributed by atoms with E-state index in [1.165, 1.54) is 9.80 Å². The van der Waals surface area contributed by atoms with Gasteiger partial charge in [0.25, 0.3) is 0 Å². The van der Waals surface area contributed by atoms with Gasteiger partial charge in [-0.05, 0) is 45.8 Å². The number of carbonyl (C=O) groups excluding carboxylic acids is 4. The third-order valence-electron chi connectivity index (χ3n) is 6.37. The number of ketones is 2. The zero-order chi connectivity index (χ0) is 25.5. The molecule has 2 aliphatic heterocycles. The normalized spacial score (nSPS) is 29.0. The van der Waals surface area contributed by atoms with E-state index in [1.54, 1.807) is 19.2 Å². The average molecular weight is 481 g/mol. The molecule has 2 heterocycles. The Balaban J connectivity index is 2.32. The Labute approximate surface area is 202 Å². The van der Waals surface area contributed by atoms with Crippen molar-refractivity contribution in [2.24, 2.45) is 5.92 Å². The Morgan fingerprint density at radius 2 is 1.65 bits per heavy atom. The Bertz CT molecular complexity index is 798. The van der Waals surface area contributed by atoms with Crippen LogP contribution in [0.4, 0.5) is 9.59 Å². The quantitative estimate of drug-likeness (QED) is 0.585. The lowest BCUT2D eigenvalue weighted by Crippen LogP contribution is -2.61. The summed E-state index contributed by atoms with van der Waals surface area (Å²) in [4.78, 5) is 54.4. The van der Waals surface area contributed by atoms with Crippen LogP contribution >= 0.6 is 0 Å². The Hall–Kier alpha value is -2.46. The minimum Gasteiger partial charge on any atom is -0.445 e. The van der Waals surface area contributed by atoms with Gasteiger partial charge in [-0.15, -0.1) is 0 Å². The fraction of sp³-hybridized carbons (Fsp3) is 0.750. The van der Waals surface area contributed by atoms with Crippen molar-refractivity contribution in [2.75, 3.05) is 46.4 Å². The number of Topliss-reactive ketones (excluding diaryl/α,β-unsaturated/α-hetero) is 2. The number of carbonyl (C=O) groups is 4. The summed E-state index contributed by atoms with van der Waals surface area (Å²) in [6.45, 7) is 10.2. The summed E-state index contributed by atoms with van der Waals surface area (Å²) < 4.78 is 10.5. The minimum absolute atomic E-state index is 0.0252. The van der Waals surface area contributed by atoms with Gasteiger partial charge in [0.15, 0.2) is 11.6 Å². The van der Waals surface area contributed by atoms with Crippen molar-refractivity contribution in [3.63, 3.8) is 0 Å². The molecule has 2 rings (SSSR count). The second kappa shape index (κ2) is 11.8. The molecule has 10 heteroatoms. The first-order valence-corrected chi connectivity index (χ1v) is 11.9. The molecular formula is C24H40N4O6. The number of ether oxygens (including phenoxy) is 2. The largest absolute Gasteiger partial charge is 0.445 e. The summed E-state index contributed by atoms with van der Waals surface area (Å²) in [5.41, 5.74) is -1.94. The topological polar surface area (TPSA) is 117 Å². The highest BCUT2D eigenvalue weighted by molar-refractivity contribution is 5.94. The van der Waals surface area contributed by atoms with Crippen molar-refractivity contribution < 1.29 is 28.7 Å². The predicted molar refractivity (Wildman–Crippen MR) is 128 cm³/mol. The van der Waals surface area contributed by atoms with Crippen molar-refractivity contribution in [1.82, 2.24) is 20.4 Å². The van der Waals surface area contributed by atoms with Gasteiger partial charge in [-0.2, -0.15) is 0 Å². The second-order valence-corrected chi connectivity index (χ2v) is 9.98. The molecule has 192 valence electrons. The molecule has 2 aliphatic rings. The van der Waals surface area contributed by atoms with Crippen LogP contribution in [0.2, 0.25) is 0 Å². The van der Waals surface area contributed by atoms with Gasteiger partial charge >= 0.3 is 12.2 Å². The van der Waals surface area contributed by atoms with E-state index in [0.29, 0.717) is 25.9 Å². The van der Waals surface area contributed by atoms with Crippen molar-refractivity contribution in [1.29, 1.82) is 0 Å². The summed E-state index contributed by atoms with van der Waals surface area (Å²) >= 11 is 0. The molecule has 1 fully saturated rings. The molecule has 1 saturated heterocycles. The van der Waals surface area contributed by atoms with E-state index in [1.807, 2.05) is 34.6 Å². The van der Waals surface area contributed by atoms with E-state index in [0.717, 1.165) is 0 Å². The maximum absolute atomic E-state index is 13.4. The van der Waals surface area contributed by atoms with Gasteiger partial charge in [0.1, 0.15) is 13.2 Å². The summed E-state index contributed by atoms with van der Waals surface area (Å²) in [6, 6.07) is 0.0252. The molecular weight excluding hydrogens is 440 g/mol. The number of hydrogen-bond acceptors (Lipinski definition) is 8. The fourth-order valence-corrected chi connectivity index (χ4v) is 4.38. The number of nitrogens with one attached hydrogen (secondary N) is 2. The molecule has 2 amide bonds. The molecule has 0 spiro atoms. The first-order chi connectivity index (χ1) is 15.9. The van der Waals surface area contributed by atoms with E-state index >= 15 is 0 Å². The van der Waals surface area contributed by atoms with Gasteiger partial charge in [0.2, 0.25) is 0 Å². The fourth-order valence-electron chi connectivity index (χ4n) is 4.38. The van der Waals surface area contributed by atoms with Gasteiger partial charge in [-0.3, -0.25) is 14.9 Å². The highest BCUT2D eigenvalue weighted by Gasteiger charge is 2.47. The van der Waals surface area contributed by atoms with E-state index in [-0.39, 0.29) is 49.8 Å². The van der Waals surface area contributed by atoms with Gasteiger partial charge in [0, 0.05) is 38.6 Å². The number of hydrogen-bond donors (Lipinski definition) is 2. The first kappa shape index (κ1) is 27.8. The number of fused-ring (bicyclic) bond motifs is 2. The van der Waals surface area contributed by atoms with Gasteiger partial charge in [-0.25, -0.2) is 9.59 Å². The Kier molecular flexibility index (Phi) is 9.64. The smallest absolute Gasteiger partial charge is 0.410 e. The summed E-state index contributed by atoms with van der Waals surface area (Å²) in [7, 11) is 1.62. The second-order valence-electron chi connectivity index (χ2n) is 9.98. The molecule has 2 bridgehead atoms. The summed E-state index contributed by atoms with van der Waals surface area (Å²) in [5, 5.41) is 6.55. The van der Waals surface area contributed by atoms with Crippen molar-refractivity contribution in [3.8, 4) is 0 Å². The van der Waals surface area contributed by atoms with Crippen LogP contribution in [0, 0.1) is 5.92 Å². The average Bonchev–Trinajstić information content (AvgIpc) is 3.21. The molecule has 0 aromatic heterocycles. The van der Waals surface area contributed by atoms with Crippen LogP contribution in [0.5, 0.6) is 0 Å². The van der Waals surface area contributed by atoms with Crippen LogP contribution < -0.4 is 10.6 Å². The zero-order valence-corrected chi connectivity index (χ0v) is 21.3. The van der Waals surface area contributed by atoms with E-state index in [2.05, 4.69) is 10.6 Å². The molecule has 0 aliphatic carbocycles. The Morgan fingerprint density at radius 1 is 1.03 bits per heavy atom. The molecule has 34 heavy (non-hydrogen) atoms. The van der Waals surface area contributed by atoms with E-state index in [4.69, 9.17) is 9.47 Å². The molecule has 0 aromatic carbocycles. The maximum Gasteiger partial charge on any atom is 0.410 e. The van der Waals surface area contributed by atoms with Gasteiger partial charge in [0.05, 0.1) is 17.6 Å². The lowest BCUT2D eigenvalue weighted by atomic mass is 9.85. The van der Waals surface area contributed by atoms with Crippen LogP contribution in [0.1, 0.15) is 47.5 Å². The third-order valence-corrected chi connectivity index (χ3v) is 6.37. The summed E-state index contributed by atoms with van der Waals surface area (Å²) in [6.07, 6.45) is 2.95. The van der Waals surface area contributed by atoms with Crippen LogP contribution in [0.3, 0.4) is 0 Å². The lowest BCUT2D eigenvalue weighted by molar-refractivity contribution is -0.129. The van der Waals surface area contributed by atoms with Gasteiger partial charge in [-0.1, -0.05) is 13.8 Å². The molecule has 2 atom stereocenters. The van der Waals surface area contributed by atoms with Gasteiger partial charge < -0.3 is 24.6 Å². The predicted octanol–water partition coefficient (Wildman–Crippen LogP) is 1.74. The number of rotatable bonds is 4. The zero-order valence-electron chi connectivity index (χ0n) is 21.3. The maximum atomic E-state index is 13.4. The minimum atomic E-state index is -1.01. The lowest BCUT2D eigenvalue weighted by Gasteiger charge is -2.36. The van der Waals surface area contributed by atoms with Crippen molar-refractivity contribution in [2.45, 2.75) is 64.6 Å². The molecule has 2 N–H and O–H groups in total. The SMILES string of the molecule is CC(C)N[C@]1(C)CCN(C)C(=O)OC/C=C/COC(=O)N2CC[C@](C(=O)C(C)C)(C2)NCC1=O.